The molecular formula is C23H27N5O. The van der Waals surface area contributed by atoms with Crippen molar-refractivity contribution in [1.29, 1.82) is 0 Å². The summed E-state index contributed by atoms with van der Waals surface area (Å²) >= 11 is 0. The van der Waals surface area contributed by atoms with Crippen molar-refractivity contribution < 1.29 is 4.79 Å². The topological polar surface area (TPSA) is 62.5 Å². The molecule has 0 aromatic carbocycles. The van der Waals surface area contributed by atoms with Crippen LogP contribution in [0.2, 0.25) is 0 Å². The molecular weight excluding hydrogens is 362 g/mol. The first kappa shape index (κ1) is 19.3. The molecule has 3 aromatic rings. The Balaban J connectivity index is 1.67. The minimum Gasteiger partial charge on any atom is -0.355 e. The quantitative estimate of drug-likeness (QED) is 0.537. The van der Waals surface area contributed by atoms with Crippen LogP contribution in [0.25, 0.3) is 17.3 Å². The van der Waals surface area contributed by atoms with Crippen LogP contribution in [0.3, 0.4) is 0 Å². The summed E-state index contributed by atoms with van der Waals surface area (Å²) in [7, 11) is 0. The Morgan fingerprint density at radius 3 is 2.93 bits per heavy atom. The summed E-state index contributed by atoms with van der Waals surface area (Å²) in [5, 5.41) is 3.43. The van der Waals surface area contributed by atoms with E-state index in [1.54, 1.807) is 0 Å². The molecule has 1 aliphatic heterocycles. The van der Waals surface area contributed by atoms with Gasteiger partial charge in [0.2, 0.25) is 0 Å². The van der Waals surface area contributed by atoms with Crippen molar-refractivity contribution in [2.75, 3.05) is 31.1 Å². The molecule has 3 aromatic heterocycles. The largest absolute Gasteiger partial charge is 0.355 e. The summed E-state index contributed by atoms with van der Waals surface area (Å²) in [5.74, 6) is 1.01. The first-order valence-corrected chi connectivity index (χ1v) is 10.3. The Kier molecular flexibility index (Phi) is 5.71. The van der Waals surface area contributed by atoms with E-state index in [1.165, 1.54) is 0 Å². The number of pyridine rings is 2. The number of anilines is 1. The third kappa shape index (κ3) is 4.22. The first-order chi connectivity index (χ1) is 14.2. The highest BCUT2D eigenvalue weighted by molar-refractivity contribution is 6.12. The molecule has 0 radical (unpaired) electrons. The number of nitrogens with one attached hydrogen (secondary N) is 1. The van der Waals surface area contributed by atoms with Crippen LogP contribution < -0.4 is 10.2 Å². The lowest BCUT2D eigenvalue weighted by atomic mass is 10.1. The highest BCUT2D eigenvalue weighted by Crippen LogP contribution is 2.22. The van der Waals surface area contributed by atoms with Gasteiger partial charge in [-0.15, -0.1) is 0 Å². The SMILES string of the molecule is CCc1nc(N2CCCNCC2)ccc1/C=C(\C=O)c1cn2ccc(C)cc2n1. The predicted molar refractivity (Wildman–Crippen MR) is 117 cm³/mol. The van der Waals surface area contributed by atoms with Crippen LogP contribution in [0, 0.1) is 6.92 Å². The molecule has 1 N–H and O–H groups in total. The minimum absolute atomic E-state index is 0.564. The molecule has 1 fully saturated rings. The molecule has 4 rings (SSSR count). The van der Waals surface area contributed by atoms with Crippen molar-refractivity contribution in [3.63, 3.8) is 0 Å². The Labute approximate surface area is 171 Å². The van der Waals surface area contributed by atoms with Gasteiger partial charge >= 0.3 is 0 Å². The molecule has 0 bridgehead atoms. The summed E-state index contributed by atoms with van der Waals surface area (Å²) < 4.78 is 1.94. The molecule has 0 aliphatic carbocycles. The lowest BCUT2D eigenvalue weighted by molar-refractivity contribution is -0.103. The molecule has 6 heteroatoms. The highest BCUT2D eigenvalue weighted by Gasteiger charge is 2.13. The Hall–Kier alpha value is -2.99. The number of aryl methyl sites for hydroxylation is 2. The molecule has 0 unspecified atom stereocenters. The second kappa shape index (κ2) is 8.57. The van der Waals surface area contributed by atoms with E-state index >= 15 is 0 Å². The number of aldehydes is 1. The van der Waals surface area contributed by atoms with E-state index in [4.69, 9.17) is 4.98 Å². The van der Waals surface area contributed by atoms with Crippen LogP contribution in [0.15, 0.2) is 36.7 Å². The maximum atomic E-state index is 11.9. The van der Waals surface area contributed by atoms with Gasteiger partial charge in [0.1, 0.15) is 11.5 Å². The van der Waals surface area contributed by atoms with E-state index in [0.29, 0.717) is 11.3 Å². The van der Waals surface area contributed by atoms with Gasteiger partial charge in [-0.05, 0) is 67.8 Å². The van der Waals surface area contributed by atoms with Crippen LogP contribution in [0.4, 0.5) is 5.82 Å². The average molecular weight is 390 g/mol. The van der Waals surface area contributed by atoms with E-state index in [2.05, 4.69) is 34.3 Å². The van der Waals surface area contributed by atoms with Gasteiger partial charge < -0.3 is 14.6 Å². The van der Waals surface area contributed by atoms with E-state index in [1.807, 2.05) is 41.9 Å². The van der Waals surface area contributed by atoms with Crippen molar-refractivity contribution >= 4 is 29.4 Å². The lowest BCUT2D eigenvalue weighted by Gasteiger charge is -2.22. The van der Waals surface area contributed by atoms with Gasteiger partial charge in [-0.2, -0.15) is 0 Å². The van der Waals surface area contributed by atoms with Crippen LogP contribution in [0.5, 0.6) is 0 Å². The Bertz CT molecular complexity index is 1040. The molecule has 1 saturated heterocycles. The fourth-order valence-corrected chi connectivity index (χ4v) is 3.72. The van der Waals surface area contributed by atoms with E-state index in [-0.39, 0.29) is 0 Å². The molecule has 0 saturated carbocycles. The van der Waals surface area contributed by atoms with Crippen molar-refractivity contribution in [3.8, 4) is 0 Å². The van der Waals surface area contributed by atoms with Gasteiger partial charge in [-0.25, -0.2) is 9.97 Å². The third-order valence-corrected chi connectivity index (χ3v) is 5.34. The second-order valence-electron chi connectivity index (χ2n) is 7.46. The molecule has 0 spiro atoms. The van der Waals surface area contributed by atoms with Crippen molar-refractivity contribution in [1.82, 2.24) is 19.7 Å². The Morgan fingerprint density at radius 2 is 2.10 bits per heavy atom. The highest BCUT2D eigenvalue weighted by atomic mass is 16.1. The normalized spacial score (nSPS) is 15.5. The van der Waals surface area contributed by atoms with Gasteiger partial charge in [0.15, 0.2) is 6.29 Å². The lowest BCUT2D eigenvalue weighted by Crippen LogP contribution is -2.28. The average Bonchev–Trinajstić information content (AvgIpc) is 2.96. The molecule has 0 atom stereocenters. The number of aromatic nitrogens is 3. The summed E-state index contributed by atoms with van der Waals surface area (Å²) in [6, 6.07) is 8.17. The third-order valence-electron chi connectivity index (χ3n) is 5.34. The van der Waals surface area contributed by atoms with Gasteiger partial charge in [0, 0.05) is 43.3 Å². The zero-order valence-corrected chi connectivity index (χ0v) is 17.1. The molecule has 29 heavy (non-hydrogen) atoms. The van der Waals surface area contributed by atoms with E-state index in [0.717, 1.165) is 73.6 Å². The fourth-order valence-electron chi connectivity index (χ4n) is 3.72. The maximum absolute atomic E-state index is 11.9. The number of carbonyl (C=O) groups is 1. The van der Waals surface area contributed by atoms with E-state index in [9.17, 15) is 4.79 Å². The van der Waals surface area contributed by atoms with Crippen molar-refractivity contribution in [2.24, 2.45) is 0 Å². The summed E-state index contributed by atoms with van der Waals surface area (Å²) in [5.41, 5.74) is 5.19. The molecule has 4 heterocycles. The van der Waals surface area contributed by atoms with Crippen molar-refractivity contribution in [3.05, 3.63) is 59.2 Å². The molecule has 150 valence electrons. The zero-order chi connectivity index (χ0) is 20.2. The summed E-state index contributed by atoms with van der Waals surface area (Å²) in [6.07, 6.45) is 8.57. The summed E-state index contributed by atoms with van der Waals surface area (Å²) in [6.45, 7) is 8.14. The van der Waals surface area contributed by atoms with Crippen LogP contribution in [-0.2, 0) is 11.2 Å². The number of nitrogens with zero attached hydrogens (tertiary/aromatic N) is 4. The van der Waals surface area contributed by atoms with Gasteiger partial charge in [-0.3, -0.25) is 4.79 Å². The summed E-state index contributed by atoms with van der Waals surface area (Å²) in [4.78, 5) is 23.7. The van der Waals surface area contributed by atoms with Gasteiger partial charge in [0.25, 0.3) is 0 Å². The number of rotatable bonds is 5. The monoisotopic (exact) mass is 389 g/mol. The number of hydrogen-bond acceptors (Lipinski definition) is 5. The Morgan fingerprint density at radius 1 is 1.21 bits per heavy atom. The van der Waals surface area contributed by atoms with Gasteiger partial charge in [-0.1, -0.05) is 6.92 Å². The fraction of sp³-hybridized carbons (Fsp3) is 0.348. The number of fused-ring (bicyclic) bond motifs is 1. The first-order valence-electron chi connectivity index (χ1n) is 10.3. The van der Waals surface area contributed by atoms with Crippen LogP contribution in [0.1, 0.15) is 35.9 Å². The van der Waals surface area contributed by atoms with Gasteiger partial charge in [0.05, 0.1) is 5.69 Å². The van der Waals surface area contributed by atoms with Crippen molar-refractivity contribution in [2.45, 2.75) is 26.7 Å². The number of carbonyl (C=O) groups excluding carboxylic acids is 1. The number of imidazole rings is 1. The zero-order valence-electron chi connectivity index (χ0n) is 17.1. The smallest absolute Gasteiger partial charge is 0.152 e. The maximum Gasteiger partial charge on any atom is 0.152 e. The molecule has 6 nitrogen and oxygen atoms in total. The standard InChI is InChI=1S/C23H27N5O/c1-3-20-18(5-6-22(25-20)27-10-4-8-24-9-12-27)14-19(16-29)21-15-28-11-7-17(2)13-23(28)26-21/h5-7,11,13-16,24H,3-4,8-10,12H2,1-2H3/b19-14+. The van der Waals surface area contributed by atoms with Crippen LogP contribution in [-0.4, -0.2) is 46.8 Å². The van der Waals surface area contributed by atoms with E-state index < -0.39 is 0 Å². The molecule has 0 amide bonds. The second-order valence-corrected chi connectivity index (χ2v) is 7.46. The number of hydrogen-bond donors (Lipinski definition) is 1. The molecule has 1 aliphatic rings. The minimum atomic E-state index is 0.564. The number of allylic oxidation sites excluding steroid dienone is 1. The van der Waals surface area contributed by atoms with Crippen LogP contribution >= 0.6 is 0 Å². The predicted octanol–water partition coefficient (Wildman–Crippen LogP) is 3.14.